The second-order valence-corrected chi connectivity index (χ2v) is 4.99. The minimum absolute atomic E-state index is 0.888. The second kappa shape index (κ2) is 4.76. The summed E-state index contributed by atoms with van der Waals surface area (Å²) < 4.78 is 0. The van der Waals surface area contributed by atoms with E-state index in [1.165, 1.54) is 52.0 Å². The van der Waals surface area contributed by atoms with E-state index in [4.69, 9.17) is 0 Å². The third-order valence-electron chi connectivity index (χ3n) is 3.25. The zero-order valence-corrected chi connectivity index (χ0v) is 9.80. The number of hydrogen-bond acceptors (Lipinski definition) is 2. The van der Waals surface area contributed by atoms with E-state index >= 15 is 0 Å². The summed E-state index contributed by atoms with van der Waals surface area (Å²) in [7, 11) is 0. The van der Waals surface area contributed by atoms with Crippen LogP contribution in [0.4, 0.5) is 0 Å². The van der Waals surface area contributed by atoms with Gasteiger partial charge in [0.1, 0.15) is 0 Å². The zero-order chi connectivity index (χ0) is 9.10. The third kappa shape index (κ3) is 2.45. The summed E-state index contributed by atoms with van der Waals surface area (Å²) in [4.78, 5) is 5.22. The van der Waals surface area contributed by atoms with Crippen LogP contribution in [0.15, 0.2) is 0 Å². The first kappa shape index (κ1) is 9.94. The van der Waals surface area contributed by atoms with E-state index in [2.05, 4.69) is 25.7 Å². The molecule has 2 rings (SSSR count). The van der Waals surface area contributed by atoms with Gasteiger partial charge in [-0.05, 0) is 25.9 Å². The highest BCUT2D eigenvalue weighted by atomic mass is 79.9. The molecule has 0 unspecified atom stereocenters. The van der Waals surface area contributed by atoms with Crippen LogP contribution >= 0.6 is 15.9 Å². The molecule has 13 heavy (non-hydrogen) atoms. The quantitative estimate of drug-likeness (QED) is 0.698. The molecule has 0 aliphatic carbocycles. The van der Waals surface area contributed by atoms with Crippen molar-refractivity contribution in [2.24, 2.45) is 0 Å². The van der Waals surface area contributed by atoms with Gasteiger partial charge in [-0.3, -0.25) is 9.80 Å². The Kier molecular flexibility index (Phi) is 3.64. The van der Waals surface area contributed by atoms with Crippen LogP contribution in [0.2, 0.25) is 0 Å². The van der Waals surface area contributed by atoms with E-state index in [9.17, 15) is 0 Å². The Morgan fingerprint density at radius 2 is 1.77 bits per heavy atom. The van der Waals surface area contributed by atoms with Crippen molar-refractivity contribution in [1.82, 2.24) is 9.80 Å². The van der Waals surface area contributed by atoms with Gasteiger partial charge in [0.05, 0.1) is 0 Å². The first-order valence-electron chi connectivity index (χ1n) is 5.42. The fraction of sp³-hybridized carbons (Fsp3) is 1.00. The number of piperidine rings is 1. The summed E-state index contributed by atoms with van der Waals surface area (Å²) in [5.41, 5.74) is 0. The Morgan fingerprint density at radius 3 is 2.38 bits per heavy atom. The number of rotatable bonds is 3. The Morgan fingerprint density at radius 1 is 1.08 bits per heavy atom. The SMILES string of the molecule is BrCCN1CC(N2CCCCC2)C1. The molecule has 2 heterocycles. The van der Waals surface area contributed by atoms with Crippen LogP contribution < -0.4 is 0 Å². The van der Waals surface area contributed by atoms with Crippen LogP contribution in [0.25, 0.3) is 0 Å². The minimum Gasteiger partial charge on any atom is -0.299 e. The first-order valence-corrected chi connectivity index (χ1v) is 6.54. The van der Waals surface area contributed by atoms with Gasteiger partial charge in [-0.25, -0.2) is 0 Å². The molecule has 76 valence electrons. The van der Waals surface area contributed by atoms with Crippen LogP contribution in [-0.2, 0) is 0 Å². The van der Waals surface area contributed by atoms with E-state index in [1.807, 2.05) is 0 Å². The number of hydrogen-bond donors (Lipinski definition) is 0. The maximum atomic E-state index is 3.49. The summed E-state index contributed by atoms with van der Waals surface area (Å²) in [6.45, 7) is 6.56. The molecule has 0 radical (unpaired) electrons. The Hall–Kier alpha value is 0.400. The zero-order valence-electron chi connectivity index (χ0n) is 8.21. The summed E-state index contributed by atoms with van der Waals surface area (Å²) in [6, 6.07) is 0.888. The van der Waals surface area contributed by atoms with Crippen LogP contribution in [0.5, 0.6) is 0 Å². The van der Waals surface area contributed by atoms with Crippen molar-refractivity contribution in [3.63, 3.8) is 0 Å². The smallest absolute Gasteiger partial charge is 0.0350 e. The average molecular weight is 247 g/mol. The summed E-state index contributed by atoms with van der Waals surface area (Å²) in [5.74, 6) is 0. The summed E-state index contributed by atoms with van der Waals surface area (Å²) in [6.07, 6.45) is 4.30. The van der Waals surface area contributed by atoms with Crippen LogP contribution in [-0.4, -0.2) is 53.9 Å². The molecule has 0 saturated carbocycles. The van der Waals surface area contributed by atoms with Crippen molar-refractivity contribution >= 4 is 15.9 Å². The van der Waals surface area contributed by atoms with Gasteiger partial charge in [0, 0.05) is 31.0 Å². The first-order chi connectivity index (χ1) is 6.40. The van der Waals surface area contributed by atoms with Crippen molar-refractivity contribution in [3.05, 3.63) is 0 Å². The third-order valence-corrected chi connectivity index (χ3v) is 3.60. The Bertz CT molecular complexity index is 151. The van der Waals surface area contributed by atoms with Crippen molar-refractivity contribution in [2.75, 3.05) is 38.1 Å². The maximum Gasteiger partial charge on any atom is 0.0350 e. The highest BCUT2D eigenvalue weighted by molar-refractivity contribution is 9.09. The van der Waals surface area contributed by atoms with Crippen molar-refractivity contribution in [1.29, 1.82) is 0 Å². The number of alkyl halides is 1. The second-order valence-electron chi connectivity index (χ2n) is 4.20. The molecule has 0 bridgehead atoms. The average Bonchev–Trinajstić information content (AvgIpc) is 2.12. The molecule has 2 aliphatic rings. The predicted octanol–water partition coefficient (Wildman–Crippen LogP) is 1.55. The standard InChI is InChI=1S/C10H19BrN2/c11-4-7-12-8-10(9-12)13-5-2-1-3-6-13/h10H,1-9H2. The van der Waals surface area contributed by atoms with E-state index in [0.29, 0.717) is 0 Å². The summed E-state index contributed by atoms with van der Waals surface area (Å²) in [5, 5.41) is 1.12. The lowest BCUT2D eigenvalue weighted by Crippen LogP contribution is -2.60. The molecule has 0 aromatic rings. The fourth-order valence-electron chi connectivity index (χ4n) is 2.36. The largest absolute Gasteiger partial charge is 0.299 e. The van der Waals surface area contributed by atoms with Gasteiger partial charge in [0.25, 0.3) is 0 Å². The molecule has 0 spiro atoms. The Labute approximate surface area is 89.4 Å². The molecule has 0 atom stereocenters. The lowest BCUT2D eigenvalue weighted by Gasteiger charge is -2.46. The molecule has 3 heteroatoms. The predicted molar refractivity (Wildman–Crippen MR) is 59.4 cm³/mol. The Balaban J connectivity index is 1.66. The normalized spacial score (nSPS) is 27.5. The van der Waals surface area contributed by atoms with E-state index in [-0.39, 0.29) is 0 Å². The molecule has 2 fully saturated rings. The van der Waals surface area contributed by atoms with Gasteiger partial charge in [-0.2, -0.15) is 0 Å². The molecular formula is C10H19BrN2. The van der Waals surface area contributed by atoms with Gasteiger partial charge in [-0.15, -0.1) is 0 Å². The molecule has 0 aromatic heterocycles. The lowest BCUT2D eigenvalue weighted by molar-refractivity contribution is 0.0278. The van der Waals surface area contributed by atoms with Crippen molar-refractivity contribution in [2.45, 2.75) is 25.3 Å². The van der Waals surface area contributed by atoms with Crippen LogP contribution in [0, 0.1) is 0 Å². The molecular weight excluding hydrogens is 228 g/mol. The van der Waals surface area contributed by atoms with E-state index in [1.54, 1.807) is 0 Å². The molecule has 0 aromatic carbocycles. The van der Waals surface area contributed by atoms with Crippen LogP contribution in [0.3, 0.4) is 0 Å². The highest BCUT2D eigenvalue weighted by Crippen LogP contribution is 2.19. The number of likely N-dealkylation sites (tertiary alicyclic amines) is 2. The minimum atomic E-state index is 0.888. The molecule has 0 N–H and O–H groups in total. The van der Waals surface area contributed by atoms with E-state index in [0.717, 1.165) is 11.4 Å². The fourth-order valence-corrected chi connectivity index (χ4v) is 2.86. The number of nitrogens with zero attached hydrogens (tertiary/aromatic N) is 2. The molecule has 2 nitrogen and oxygen atoms in total. The van der Waals surface area contributed by atoms with Gasteiger partial charge >= 0.3 is 0 Å². The van der Waals surface area contributed by atoms with Crippen LogP contribution in [0.1, 0.15) is 19.3 Å². The van der Waals surface area contributed by atoms with E-state index < -0.39 is 0 Å². The number of halogens is 1. The van der Waals surface area contributed by atoms with Crippen molar-refractivity contribution in [3.8, 4) is 0 Å². The maximum absolute atomic E-state index is 3.49. The topological polar surface area (TPSA) is 6.48 Å². The summed E-state index contributed by atoms with van der Waals surface area (Å²) >= 11 is 3.49. The van der Waals surface area contributed by atoms with Crippen molar-refractivity contribution < 1.29 is 0 Å². The van der Waals surface area contributed by atoms with Gasteiger partial charge in [-0.1, -0.05) is 22.4 Å². The lowest BCUT2D eigenvalue weighted by atomic mass is 10.0. The molecule has 0 amide bonds. The highest BCUT2D eigenvalue weighted by Gasteiger charge is 2.31. The van der Waals surface area contributed by atoms with Gasteiger partial charge in [0.15, 0.2) is 0 Å². The molecule has 2 aliphatic heterocycles. The molecule has 2 saturated heterocycles. The monoisotopic (exact) mass is 246 g/mol. The van der Waals surface area contributed by atoms with Gasteiger partial charge < -0.3 is 0 Å². The van der Waals surface area contributed by atoms with Gasteiger partial charge in [0.2, 0.25) is 0 Å².